The van der Waals surface area contributed by atoms with Gasteiger partial charge in [0.1, 0.15) is 0 Å². The van der Waals surface area contributed by atoms with Crippen LogP contribution in [0, 0.1) is 0 Å². The van der Waals surface area contributed by atoms with Crippen LogP contribution >= 0.6 is 11.6 Å². The number of hydrogen-bond donors (Lipinski definition) is 1. The largest absolute Gasteiger partial charge is 0.490 e. The Labute approximate surface area is 129 Å². The number of pyridine rings is 1. The lowest BCUT2D eigenvalue weighted by Crippen LogP contribution is -2.18. The van der Waals surface area contributed by atoms with Crippen molar-refractivity contribution in [3.05, 3.63) is 52.8 Å². The highest BCUT2D eigenvalue weighted by molar-refractivity contribution is 6.31. The van der Waals surface area contributed by atoms with Crippen LogP contribution < -0.4 is 14.8 Å². The highest BCUT2D eigenvalue weighted by Crippen LogP contribution is 2.38. The molecule has 0 aliphatic carbocycles. The zero-order chi connectivity index (χ0) is 14.7. The Balaban J connectivity index is 2.02. The zero-order valence-corrected chi connectivity index (χ0v) is 12.6. The van der Waals surface area contributed by atoms with E-state index >= 15 is 0 Å². The molecule has 1 atom stereocenters. The summed E-state index contributed by atoms with van der Waals surface area (Å²) >= 11 is 6.45. The summed E-state index contributed by atoms with van der Waals surface area (Å²) < 4.78 is 11.4. The molecule has 0 saturated heterocycles. The van der Waals surface area contributed by atoms with Gasteiger partial charge in [-0.2, -0.15) is 0 Å². The molecule has 110 valence electrons. The van der Waals surface area contributed by atoms with Gasteiger partial charge >= 0.3 is 0 Å². The quantitative estimate of drug-likeness (QED) is 0.945. The van der Waals surface area contributed by atoms with Gasteiger partial charge in [0, 0.05) is 29.9 Å². The Hall–Kier alpha value is -1.78. The third kappa shape index (κ3) is 2.96. The Morgan fingerprint density at radius 1 is 1.14 bits per heavy atom. The second-order valence-corrected chi connectivity index (χ2v) is 5.28. The molecule has 1 aliphatic heterocycles. The van der Waals surface area contributed by atoms with Crippen LogP contribution in [0.25, 0.3) is 0 Å². The molecule has 1 aromatic heterocycles. The van der Waals surface area contributed by atoms with Crippen LogP contribution in [0.15, 0.2) is 36.7 Å². The van der Waals surface area contributed by atoms with Crippen molar-refractivity contribution in [3.63, 3.8) is 0 Å². The minimum Gasteiger partial charge on any atom is -0.490 e. The van der Waals surface area contributed by atoms with Crippen molar-refractivity contribution in [2.75, 3.05) is 20.3 Å². The minimum atomic E-state index is -0.0161. The first-order chi connectivity index (χ1) is 10.3. The lowest BCUT2D eigenvalue weighted by atomic mass is 9.99. The van der Waals surface area contributed by atoms with Crippen molar-refractivity contribution in [2.24, 2.45) is 0 Å². The summed E-state index contributed by atoms with van der Waals surface area (Å²) in [5, 5.41) is 3.95. The Morgan fingerprint density at radius 3 is 2.48 bits per heavy atom. The predicted octanol–water partition coefficient (Wildman–Crippen LogP) is 3.21. The van der Waals surface area contributed by atoms with Crippen LogP contribution in [0.5, 0.6) is 11.5 Å². The van der Waals surface area contributed by atoms with Gasteiger partial charge in [-0.25, -0.2) is 0 Å². The van der Waals surface area contributed by atoms with E-state index in [0.717, 1.165) is 23.3 Å². The Morgan fingerprint density at radius 2 is 1.81 bits per heavy atom. The van der Waals surface area contributed by atoms with E-state index in [1.54, 1.807) is 12.4 Å². The topological polar surface area (TPSA) is 43.4 Å². The molecule has 1 aliphatic rings. The molecule has 0 radical (unpaired) electrons. The van der Waals surface area contributed by atoms with E-state index in [1.807, 2.05) is 31.3 Å². The number of aromatic nitrogens is 1. The molecular formula is C16H17ClN2O2. The fourth-order valence-corrected chi connectivity index (χ4v) is 2.74. The maximum atomic E-state index is 6.45. The number of fused-ring (bicyclic) bond motifs is 1. The molecule has 1 N–H and O–H groups in total. The first-order valence-corrected chi connectivity index (χ1v) is 7.33. The zero-order valence-electron chi connectivity index (χ0n) is 11.8. The molecule has 0 bridgehead atoms. The van der Waals surface area contributed by atoms with Crippen LogP contribution in [-0.4, -0.2) is 25.2 Å². The van der Waals surface area contributed by atoms with Crippen LogP contribution in [0.3, 0.4) is 0 Å². The summed E-state index contributed by atoms with van der Waals surface area (Å²) in [5.74, 6) is 1.46. The summed E-state index contributed by atoms with van der Waals surface area (Å²) in [6.45, 7) is 1.32. The molecule has 0 spiro atoms. The van der Waals surface area contributed by atoms with Crippen molar-refractivity contribution in [2.45, 2.75) is 12.5 Å². The van der Waals surface area contributed by atoms with Gasteiger partial charge in [0.05, 0.1) is 19.3 Å². The Kier molecular flexibility index (Phi) is 4.27. The minimum absolute atomic E-state index is 0.0161. The van der Waals surface area contributed by atoms with Gasteiger partial charge in [-0.1, -0.05) is 11.6 Å². The maximum absolute atomic E-state index is 6.45. The van der Waals surface area contributed by atoms with Gasteiger partial charge < -0.3 is 14.8 Å². The van der Waals surface area contributed by atoms with Crippen LogP contribution in [0.4, 0.5) is 0 Å². The van der Waals surface area contributed by atoms with Gasteiger partial charge in [-0.3, -0.25) is 4.98 Å². The summed E-state index contributed by atoms with van der Waals surface area (Å²) in [6.07, 6.45) is 4.43. The van der Waals surface area contributed by atoms with E-state index in [-0.39, 0.29) is 6.04 Å². The molecular weight excluding hydrogens is 288 g/mol. The van der Waals surface area contributed by atoms with E-state index in [9.17, 15) is 0 Å². The van der Waals surface area contributed by atoms with E-state index in [4.69, 9.17) is 21.1 Å². The molecule has 5 heteroatoms. The molecule has 21 heavy (non-hydrogen) atoms. The van der Waals surface area contributed by atoms with Crippen molar-refractivity contribution in [1.29, 1.82) is 0 Å². The summed E-state index contributed by atoms with van der Waals surface area (Å²) in [6, 6.07) is 7.73. The van der Waals surface area contributed by atoms with Gasteiger partial charge in [0.25, 0.3) is 0 Å². The fraction of sp³-hybridized carbons (Fsp3) is 0.312. The average molecular weight is 305 g/mol. The second-order valence-electron chi connectivity index (χ2n) is 4.87. The van der Waals surface area contributed by atoms with Crippen LogP contribution in [0.2, 0.25) is 5.02 Å². The molecule has 2 heterocycles. The number of benzene rings is 1. The highest BCUT2D eigenvalue weighted by atomic mass is 35.5. The smallest absolute Gasteiger partial charge is 0.162 e. The van der Waals surface area contributed by atoms with E-state index in [1.165, 1.54) is 0 Å². The van der Waals surface area contributed by atoms with Crippen molar-refractivity contribution >= 4 is 11.6 Å². The highest BCUT2D eigenvalue weighted by Gasteiger charge is 2.20. The van der Waals surface area contributed by atoms with Gasteiger partial charge in [-0.05, 0) is 36.4 Å². The van der Waals surface area contributed by atoms with Gasteiger partial charge in [-0.15, -0.1) is 0 Å². The predicted molar refractivity (Wildman–Crippen MR) is 82.2 cm³/mol. The second kappa shape index (κ2) is 6.33. The molecule has 3 rings (SSSR count). The third-order valence-electron chi connectivity index (χ3n) is 3.51. The molecule has 0 amide bonds. The number of nitrogens with zero attached hydrogens (tertiary/aromatic N) is 1. The first-order valence-electron chi connectivity index (χ1n) is 6.96. The Bertz CT molecular complexity index is 619. The molecule has 0 fully saturated rings. The molecule has 1 unspecified atom stereocenters. The summed E-state index contributed by atoms with van der Waals surface area (Å²) in [7, 11) is 1.91. The number of ether oxygens (including phenoxy) is 2. The van der Waals surface area contributed by atoms with Crippen molar-refractivity contribution in [1.82, 2.24) is 10.3 Å². The standard InChI is InChI=1S/C16H17ClN2O2/c1-18-16(11-3-5-19-6-4-11)12-9-14-15(10-13(12)17)21-8-2-7-20-14/h3-6,9-10,16,18H,2,7-8H2,1H3. The number of halogens is 1. The van der Waals surface area contributed by atoms with Crippen LogP contribution in [-0.2, 0) is 0 Å². The van der Waals surface area contributed by atoms with E-state index < -0.39 is 0 Å². The first kappa shape index (κ1) is 14.2. The average Bonchev–Trinajstić information content (AvgIpc) is 2.74. The molecule has 1 aromatic carbocycles. The molecule has 2 aromatic rings. The SMILES string of the molecule is CNC(c1ccncc1)c1cc2c(cc1Cl)OCCCO2. The molecule has 0 saturated carbocycles. The number of rotatable bonds is 3. The van der Waals surface area contributed by atoms with Crippen molar-refractivity contribution < 1.29 is 9.47 Å². The van der Waals surface area contributed by atoms with E-state index in [0.29, 0.717) is 24.0 Å². The van der Waals surface area contributed by atoms with Gasteiger partial charge in [0.2, 0.25) is 0 Å². The number of hydrogen-bond acceptors (Lipinski definition) is 4. The normalized spacial score (nSPS) is 15.3. The fourth-order valence-electron chi connectivity index (χ4n) is 2.48. The maximum Gasteiger partial charge on any atom is 0.162 e. The van der Waals surface area contributed by atoms with Crippen LogP contribution in [0.1, 0.15) is 23.6 Å². The third-order valence-corrected chi connectivity index (χ3v) is 3.83. The number of nitrogens with one attached hydrogen (secondary N) is 1. The molecule has 4 nitrogen and oxygen atoms in total. The monoisotopic (exact) mass is 304 g/mol. The summed E-state index contributed by atoms with van der Waals surface area (Å²) in [4.78, 5) is 4.06. The van der Waals surface area contributed by atoms with Gasteiger partial charge in [0.15, 0.2) is 11.5 Å². The lowest BCUT2D eigenvalue weighted by molar-refractivity contribution is 0.297. The summed E-state index contributed by atoms with van der Waals surface area (Å²) in [5.41, 5.74) is 2.07. The van der Waals surface area contributed by atoms with Crippen molar-refractivity contribution in [3.8, 4) is 11.5 Å². The lowest BCUT2D eigenvalue weighted by Gasteiger charge is -2.20. The van der Waals surface area contributed by atoms with E-state index in [2.05, 4.69) is 10.3 Å².